The summed E-state index contributed by atoms with van der Waals surface area (Å²) in [6.07, 6.45) is -47.0. The smallest absolute Gasteiger partial charge is 0.454 e. The molecule has 0 spiro atoms. The molecule has 0 aromatic heterocycles. The second-order valence-electron chi connectivity index (χ2n) is 6.98. The van der Waals surface area contributed by atoms with Crippen molar-refractivity contribution in [2.24, 2.45) is 0 Å². The Morgan fingerprint density at radius 2 is 1.07 bits per heavy atom. The van der Waals surface area contributed by atoms with E-state index in [9.17, 15) is 88.2 Å². The largest absolute Gasteiger partial charge is 0.462 e. The first kappa shape index (κ1) is 38.7. The van der Waals surface area contributed by atoms with Gasteiger partial charge in [-0.15, -0.1) is 0 Å². The fourth-order valence-electron chi connectivity index (χ4n) is 1.72. The molecular weight excluding hydrogens is 649 g/mol. The highest BCUT2D eigenvalue weighted by atomic mass is 19.4. The molecular formula is C16H11F19O6. The zero-order valence-corrected chi connectivity index (χ0v) is 18.7. The molecule has 0 aliphatic carbocycles. The van der Waals surface area contributed by atoms with E-state index in [2.05, 4.69) is 30.3 Å². The maximum absolute atomic E-state index is 13.5. The van der Waals surface area contributed by atoms with Crippen LogP contribution in [0, 0.1) is 0 Å². The Hall–Kier alpha value is -2.28. The Kier molecular flexibility index (Phi) is 11.8. The van der Waals surface area contributed by atoms with E-state index in [-0.39, 0.29) is 6.08 Å². The third-order valence-electron chi connectivity index (χ3n) is 3.77. The number of esters is 1. The van der Waals surface area contributed by atoms with Crippen molar-refractivity contribution >= 4 is 5.97 Å². The number of halogens is 19. The van der Waals surface area contributed by atoms with Crippen molar-refractivity contribution in [2.75, 3.05) is 19.8 Å². The van der Waals surface area contributed by atoms with Crippen LogP contribution in [0.1, 0.15) is 0 Å². The third kappa shape index (κ3) is 9.90. The van der Waals surface area contributed by atoms with Crippen LogP contribution in [-0.2, 0) is 28.5 Å². The first-order valence-electron chi connectivity index (χ1n) is 9.34. The predicted octanol–water partition coefficient (Wildman–Crippen LogP) is 6.21. The van der Waals surface area contributed by atoms with Gasteiger partial charge in [-0.1, -0.05) is 6.58 Å². The molecule has 0 aliphatic rings. The molecule has 25 heteroatoms. The molecule has 244 valence electrons. The SMILES string of the molecule is C=CC(=O)OC(COC(F)(F)COC(F)(F)C(F)(F)C(F)(F)F)COC(F)(F)C(F)OC(F)(F)C(F)(F)C(F)(F)F. The lowest BCUT2D eigenvalue weighted by atomic mass is 10.3. The van der Waals surface area contributed by atoms with Gasteiger partial charge in [-0.25, -0.2) is 9.18 Å². The fourth-order valence-corrected chi connectivity index (χ4v) is 1.72. The van der Waals surface area contributed by atoms with E-state index < -0.39 is 86.9 Å². The van der Waals surface area contributed by atoms with Crippen LogP contribution in [0.4, 0.5) is 83.4 Å². The van der Waals surface area contributed by atoms with Crippen molar-refractivity contribution in [3.05, 3.63) is 12.7 Å². The lowest BCUT2D eigenvalue weighted by Crippen LogP contribution is -2.56. The molecule has 41 heavy (non-hydrogen) atoms. The lowest BCUT2D eigenvalue weighted by molar-refractivity contribution is -0.466. The van der Waals surface area contributed by atoms with Crippen molar-refractivity contribution < 1.29 is 112 Å². The van der Waals surface area contributed by atoms with Crippen molar-refractivity contribution in [2.45, 2.75) is 61.1 Å². The van der Waals surface area contributed by atoms with Gasteiger partial charge in [0.2, 0.25) is 0 Å². The quantitative estimate of drug-likeness (QED) is 0.112. The van der Waals surface area contributed by atoms with E-state index in [1.54, 1.807) is 0 Å². The van der Waals surface area contributed by atoms with Gasteiger partial charge in [0.1, 0.15) is 12.7 Å². The van der Waals surface area contributed by atoms with E-state index in [1.165, 1.54) is 0 Å². The van der Waals surface area contributed by atoms with Crippen LogP contribution >= 0.6 is 0 Å². The number of hydrogen-bond acceptors (Lipinski definition) is 6. The van der Waals surface area contributed by atoms with Crippen LogP contribution in [0.25, 0.3) is 0 Å². The minimum atomic E-state index is -7.26. The number of ether oxygens (including phenoxy) is 5. The zero-order valence-electron chi connectivity index (χ0n) is 18.7. The minimum Gasteiger partial charge on any atom is -0.454 e. The first-order valence-corrected chi connectivity index (χ1v) is 9.34. The van der Waals surface area contributed by atoms with Crippen molar-refractivity contribution in [3.63, 3.8) is 0 Å². The third-order valence-corrected chi connectivity index (χ3v) is 3.77. The van der Waals surface area contributed by atoms with Gasteiger partial charge in [0.15, 0.2) is 0 Å². The summed E-state index contributed by atoms with van der Waals surface area (Å²) in [6, 6.07) is 0. The number of alkyl halides is 19. The molecule has 0 amide bonds. The van der Waals surface area contributed by atoms with E-state index in [0.29, 0.717) is 0 Å². The number of carbonyl (C=O) groups is 1. The van der Waals surface area contributed by atoms with Gasteiger partial charge in [-0.05, 0) is 0 Å². The summed E-state index contributed by atoms with van der Waals surface area (Å²) in [5, 5.41) is 0. The van der Waals surface area contributed by atoms with Crippen molar-refractivity contribution in [3.8, 4) is 0 Å². The molecule has 0 aliphatic heterocycles. The lowest BCUT2D eigenvalue weighted by Gasteiger charge is -2.31. The molecule has 0 bridgehead atoms. The summed E-state index contributed by atoms with van der Waals surface area (Å²) < 4.78 is 257. The van der Waals surface area contributed by atoms with Gasteiger partial charge < -0.3 is 18.9 Å². The highest BCUT2D eigenvalue weighted by molar-refractivity contribution is 5.81. The molecule has 6 nitrogen and oxygen atoms in total. The van der Waals surface area contributed by atoms with Gasteiger partial charge in [0.25, 0.3) is 6.36 Å². The summed E-state index contributed by atoms with van der Waals surface area (Å²) in [5.74, 6) is -16.1. The van der Waals surface area contributed by atoms with Gasteiger partial charge in [0, 0.05) is 6.08 Å². The molecule has 0 aromatic rings. The molecule has 0 fully saturated rings. The summed E-state index contributed by atoms with van der Waals surface area (Å²) in [4.78, 5) is 11.1. The van der Waals surface area contributed by atoms with Crippen LogP contribution in [0.5, 0.6) is 0 Å². The van der Waals surface area contributed by atoms with Crippen molar-refractivity contribution in [1.82, 2.24) is 0 Å². The Labute approximate surface area is 212 Å². The molecule has 0 aromatic carbocycles. The molecule has 2 unspecified atom stereocenters. The molecule has 2 atom stereocenters. The Morgan fingerprint density at radius 1 is 0.659 bits per heavy atom. The molecule has 0 rings (SSSR count). The normalized spacial score (nSPS) is 16.4. The van der Waals surface area contributed by atoms with Gasteiger partial charge >= 0.3 is 54.6 Å². The Bertz CT molecular complexity index is 884. The first-order chi connectivity index (χ1) is 17.9. The van der Waals surface area contributed by atoms with Gasteiger partial charge in [0.05, 0.1) is 13.2 Å². The van der Waals surface area contributed by atoms with Crippen molar-refractivity contribution in [1.29, 1.82) is 0 Å². The highest BCUT2D eigenvalue weighted by Gasteiger charge is 2.76. The maximum Gasteiger partial charge on any atom is 0.462 e. The standard InChI is InChI=1S/C16H11F19O6/c1-2-7(36)40-6(3-37-9(18,19)5-39-15(32,33)11(22,23)13(26,27)28)4-38-10(20,21)8(17)41-16(34,35)12(24,25)14(29,30)31/h2,6,8H,1,3-5H2. The fraction of sp³-hybridized carbons (Fsp3) is 0.812. The van der Waals surface area contributed by atoms with E-state index in [0.717, 1.165) is 0 Å². The summed E-state index contributed by atoms with van der Waals surface area (Å²) >= 11 is 0. The van der Waals surface area contributed by atoms with Gasteiger partial charge in [-0.2, -0.15) is 79.0 Å². The second kappa shape index (κ2) is 12.5. The van der Waals surface area contributed by atoms with Gasteiger partial charge in [-0.3, -0.25) is 4.74 Å². The van der Waals surface area contributed by atoms with E-state index >= 15 is 0 Å². The van der Waals surface area contributed by atoms with Crippen LogP contribution < -0.4 is 0 Å². The highest BCUT2D eigenvalue weighted by Crippen LogP contribution is 2.49. The van der Waals surface area contributed by atoms with Crippen LogP contribution in [0.15, 0.2) is 12.7 Å². The zero-order chi connectivity index (χ0) is 33.1. The van der Waals surface area contributed by atoms with Crippen LogP contribution in [-0.4, -0.2) is 86.9 Å². The maximum atomic E-state index is 13.5. The van der Waals surface area contributed by atoms with E-state index in [4.69, 9.17) is 0 Å². The second-order valence-corrected chi connectivity index (χ2v) is 6.98. The summed E-state index contributed by atoms with van der Waals surface area (Å²) in [7, 11) is 0. The van der Waals surface area contributed by atoms with E-state index in [1.807, 2.05) is 0 Å². The topological polar surface area (TPSA) is 63.2 Å². The number of rotatable bonds is 16. The molecule has 0 N–H and O–H groups in total. The molecule has 0 saturated carbocycles. The average molecular weight is 660 g/mol. The molecule has 0 saturated heterocycles. The molecule has 0 heterocycles. The number of hydrogen-bond donors (Lipinski definition) is 0. The minimum absolute atomic E-state index is 0.132. The Morgan fingerprint density at radius 3 is 1.49 bits per heavy atom. The predicted molar refractivity (Wildman–Crippen MR) is 85.7 cm³/mol. The molecule has 0 radical (unpaired) electrons. The summed E-state index contributed by atoms with van der Waals surface area (Å²) in [5.41, 5.74) is 0. The van der Waals surface area contributed by atoms with Crippen LogP contribution in [0.3, 0.4) is 0 Å². The van der Waals surface area contributed by atoms with Crippen LogP contribution in [0.2, 0.25) is 0 Å². The number of carbonyl (C=O) groups excluding carboxylic acids is 1. The monoisotopic (exact) mass is 660 g/mol. The Balaban J connectivity index is 5.50. The average Bonchev–Trinajstić information content (AvgIpc) is 2.77. The summed E-state index contributed by atoms with van der Waals surface area (Å²) in [6.45, 7) is -4.79.